The second kappa shape index (κ2) is 8.32. The molecule has 8 heteroatoms. The molecule has 29 heavy (non-hydrogen) atoms. The lowest BCUT2D eigenvalue weighted by molar-refractivity contribution is 0.198. The first-order chi connectivity index (χ1) is 13.0. The highest BCUT2D eigenvalue weighted by Crippen LogP contribution is 2.46. The minimum absolute atomic E-state index is 0.100. The maximum absolute atomic E-state index is 12.9. The van der Waals surface area contributed by atoms with Crippen molar-refractivity contribution in [2.24, 2.45) is 0 Å². The smallest absolute Gasteiger partial charge is 0.192 e. The highest BCUT2D eigenvalue weighted by atomic mass is 35.5. The number of halogens is 1. The zero-order valence-corrected chi connectivity index (χ0v) is 22.1. The number of aromatic nitrogens is 1. The van der Waals surface area contributed by atoms with Crippen molar-refractivity contribution in [3.63, 3.8) is 0 Å². The standard InChI is InChI=1S/C21H37ClN2O3SSi/c1-11-21(24-28(25)19(3,4)5)13-26-17-15(21)12-16(23-18(17)22)14(2)27-29(9,10)20(6,7)8/h12,14,24H,11,13H2,1-10H3. The van der Waals surface area contributed by atoms with Crippen LogP contribution in [0.1, 0.15) is 79.2 Å². The van der Waals surface area contributed by atoms with Crippen LogP contribution in [0.2, 0.25) is 23.3 Å². The Bertz CT molecular complexity index is 749. The van der Waals surface area contributed by atoms with E-state index in [-0.39, 0.29) is 15.9 Å². The average Bonchev–Trinajstić information content (AvgIpc) is 2.92. The highest BCUT2D eigenvalue weighted by Gasteiger charge is 2.47. The minimum atomic E-state index is -1.97. The van der Waals surface area contributed by atoms with Crippen molar-refractivity contribution >= 4 is 31.3 Å². The molecule has 3 unspecified atom stereocenters. The first-order valence-electron chi connectivity index (χ1n) is 10.3. The van der Waals surface area contributed by atoms with Gasteiger partial charge in [0, 0.05) is 16.9 Å². The second-order valence-corrected chi connectivity index (χ2v) is 17.5. The SMILES string of the molecule is CCC1(N[S+]([O-])C(C)(C)C)COc2c1cc(C(C)O[Si](C)(C)C(C)(C)C)nc2Cl. The molecule has 1 aliphatic rings. The second-order valence-electron chi connectivity index (χ2n) is 10.4. The molecular formula is C21H37ClN2O3SSi. The van der Waals surface area contributed by atoms with Crippen LogP contribution in [0, 0.1) is 0 Å². The molecule has 0 fully saturated rings. The van der Waals surface area contributed by atoms with E-state index in [1.807, 2.05) is 33.8 Å². The van der Waals surface area contributed by atoms with E-state index < -0.39 is 25.2 Å². The summed E-state index contributed by atoms with van der Waals surface area (Å²) in [6.45, 7) is 21.4. The fourth-order valence-electron chi connectivity index (χ4n) is 2.95. The maximum atomic E-state index is 12.9. The van der Waals surface area contributed by atoms with Crippen LogP contribution in [0.3, 0.4) is 0 Å². The maximum Gasteiger partial charge on any atom is 0.192 e. The summed E-state index contributed by atoms with van der Waals surface area (Å²) < 4.78 is 28.3. The third-order valence-corrected chi connectivity index (χ3v) is 12.6. The van der Waals surface area contributed by atoms with E-state index in [2.05, 4.69) is 50.5 Å². The molecule has 166 valence electrons. The van der Waals surface area contributed by atoms with E-state index in [9.17, 15) is 4.55 Å². The summed E-state index contributed by atoms with van der Waals surface area (Å²) >= 11 is 5.26. The first-order valence-corrected chi connectivity index (χ1v) is 14.7. The van der Waals surface area contributed by atoms with Gasteiger partial charge >= 0.3 is 0 Å². The summed E-state index contributed by atoms with van der Waals surface area (Å²) in [6, 6.07) is 2.02. The van der Waals surface area contributed by atoms with Crippen LogP contribution in [0.25, 0.3) is 0 Å². The number of nitrogens with zero attached hydrogens (tertiary/aromatic N) is 1. The van der Waals surface area contributed by atoms with E-state index in [1.54, 1.807) is 0 Å². The van der Waals surface area contributed by atoms with E-state index in [1.165, 1.54) is 0 Å². The van der Waals surface area contributed by atoms with E-state index in [4.69, 9.17) is 20.8 Å². The Morgan fingerprint density at radius 1 is 1.34 bits per heavy atom. The molecule has 0 saturated carbocycles. The number of rotatable bonds is 6. The zero-order chi connectivity index (χ0) is 22.4. The zero-order valence-electron chi connectivity index (χ0n) is 19.5. The van der Waals surface area contributed by atoms with Crippen molar-refractivity contribution in [1.82, 2.24) is 9.71 Å². The van der Waals surface area contributed by atoms with Crippen molar-refractivity contribution in [3.8, 4) is 5.75 Å². The Labute approximate surface area is 185 Å². The number of pyridine rings is 1. The van der Waals surface area contributed by atoms with Crippen molar-refractivity contribution in [2.45, 2.75) is 96.3 Å². The molecule has 5 nitrogen and oxygen atoms in total. The molecule has 2 rings (SSSR count). The monoisotopic (exact) mass is 460 g/mol. The van der Waals surface area contributed by atoms with Crippen LogP contribution in [0.4, 0.5) is 0 Å². The van der Waals surface area contributed by atoms with Crippen LogP contribution >= 0.6 is 11.6 Å². The van der Waals surface area contributed by atoms with Crippen LogP contribution < -0.4 is 9.46 Å². The van der Waals surface area contributed by atoms with Crippen molar-refractivity contribution in [3.05, 3.63) is 22.5 Å². The number of ether oxygens (including phenoxy) is 1. The highest BCUT2D eigenvalue weighted by molar-refractivity contribution is 7.90. The van der Waals surface area contributed by atoms with Gasteiger partial charge in [-0.15, -0.1) is 4.72 Å². The normalized spacial score (nSPS) is 22.2. The van der Waals surface area contributed by atoms with E-state index >= 15 is 0 Å². The Morgan fingerprint density at radius 3 is 2.41 bits per heavy atom. The molecule has 1 N–H and O–H groups in total. The van der Waals surface area contributed by atoms with Gasteiger partial charge in [-0.05, 0) is 58.3 Å². The fraction of sp³-hybridized carbons (Fsp3) is 0.762. The summed E-state index contributed by atoms with van der Waals surface area (Å²) in [4.78, 5) is 4.57. The molecule has 0 amide bonds. The van der Waals surface area contributed by atoms with Gasteiger partial charge < -0.3 is 13.7 Å². The number of nitrogens with one attached hydrogen (secondary N) is 1. The third kappa shape index (κ3) is 5.13. The summed E-state index contributed by atoms with van der Waals surface area (Å²) in [5.41, 5.74) is 1.13. The topological polar surface area (TPSA) is 66.4 Å². The minimum Gasteiger partial charge on any atom is -0.598 e. The number of hydrogen-bond donors (Lipinski definition) is 1. The van der Waals surface area contributed by atoms with Gasteiger partial charge in [0.1, 0.15) is 16.9 Å². The van der Waals surface area contributed by atoms with Crippen molar-refractivity contribution < 1.29 is 13.7 Å². The average molecular weight is 461 g/mol. The lowest BCUT2D eigenvalue weighted by Crippen LogP contribution is -2.52. The van der Waals surface area contributed by atoms with Crippen LogP contribution in [-0.2, 0) is 21.3 Å². The predicted molar refractivity (Wildman–Crippen MR) is 124 cm³/mol. The van der Waals surface area contributed by atoms with Gasteiger partial charge in [-0.3, -0.25) is 0 Å². The molecule has 2 heterocycles. The van der Waals surface area contributed by atoms with Gasteiger partial charge in [0.25, 0.3) is 0 Å². The van der Waals surface area contributed by atoms with Crippen molar-refractivity contribution in [2.75, 3.05) is 6.61 Å². The molecule has 0 aliphatic carbocycles. The van der Waals surface area contributed by atoms with Crippen LogP contribution in [0.15, 0.2) is 6.07 Å². The molecule has 1 aromatic rings. The van der Waals surface area contributed by atoms with E-state index in [0.29, 0.717) is 17.5 Å². The van der Waals surface area contributed by atoms with Crippen molar-refractivity contribution in [1.29, 1.82) is 0 Å². The number of fused-ring (bicyclic) bond motifs is 1. The van der Waals surface area contributed by atoms with Gasteiger partial charge in [-0.2, -0.15) is 0 Å². The summed E-state index contributed by atoms with van der Waals surface area (Å²) in [6.07, 6.45) is 0.529. The molecule has 0 aromatic carbocycles. The lowest BCUT2D eigenvalue weighted by Gasteiger charge is -2.38. The van der Waals surface area contributed by atoms with Gasteiger partial charge in [0.2, 0.25) is 0 Å². The summed E-state index contributed by atoms with van der Waals surface area (Å²) in [7, 11) is -1.97. The Hall–Kier alpha value is -0.313. The lowest BCUT2D eigenvalue weighted by atomic mass is 9.90. The van der Waals surface area contributed by atoms with Crippen LogP contribution in [-0.4, -0.2) is 29.2 Å². The third-order valence-electron chi connectivity index (χ3n) is 6.07. The van der Waals surface area contributed by atoms with Gasteiger partial charge in [0.15, 0.2) is 19.2 Å². The Morgan fingerprint density at radius 2 is 1.93 bits per heavy atom. The van der Waals surface area contributed by atoms with Gasteiger partial charge in [-0.25, -0.2) is 4.98 Å². The summed E-state index contributed by atoms with van der Waals surface area (Å²) in [5.74, 6) is 0.579. The summed E-state index contributed by atoms with van der Waals surface area (Å²) in [5, 5.41) is 0.435. The van der Waals surface area contributed by atoms with Gasteiger partial charge in [0.05, 0.1) is 11.8 Å². The molecule has 0 radical (unpaired) electrons. The van der Waals surface area contributed by atoms with E-state index in [0.717, 1.165) is 17.7 Å². The van der Waals surface area contributed by atoms with Crippen LogP contribution in [0.5, 0.6) is 5.75 Å². The molecule has 0 bridgehead atoms. The molecule has 3 atom stereocenters. The molecular weight excluding hydrogens is 424 g/mol. The largest absolute Gasteiger partial charge is 0.598 e. The molecule has 1 aromatic heterocycles. The predicted octanol–water partition coefficient (Wildman–Crippen LogP) is 5.87. The first kappa shape index (κ1) is 25.0. The Balaban J connectivity index is 2.42. The number of hydrogen-bond acceptors (Lipinski definition) is 5. The van der Waals surface area contributed by atoms with Gasteiger partial charge in [-0.1, -0.05) is 39.3 Å². The molecule has 0 saturated heterocycles. The Kier molecular flexibility index (Phi) is 7.16. The molecule has 0 spiro atoms. The molecule has 1 aliphatic heterocycles. The fourth-order valence-corrected chi connectivity index (χ4v) is 5.54. The quantitative estimate of drug-likeness (QED) is 0.326.